The van der Waals surface area contributed by atoms with Crippen LogP contribution in [-0.2, 0) is 27.6 Å². The standard InChI is InChI=1S/C7H9F6O6P/c1-15-6(10,11)7(12,13)19-5(8,9)4-18-20(14)16-2-3-17-20/h2-4H2,1H3. The molecule has 0 aromatic rings. The molecule has 1 rings (SSSR count). The molecule has 0 aromatic heterocycles. The van der Waals surface area contributed by atoms with Crippen LogP contribution in [0.1, 0.15) is 0 Å². The number of hydrogen-bond acceptors (Lipinski definition) is 6. The summed E-state index contributed by atoms with van der Waals surface area (Å²) in [6.45, 7) is -2.48. The van der Waals surface area contributed by atoms with E-state index in [1.165, 1.54) is 0 Å². The van der Waals surface area contributed by atoms with Crippen LogP contribution in [0.3, 0.4) is 0 Å². The van der Waals surface area contributed by atoms with Gasteiger partial charge in [0.05, 0.1) is 13.2 Å². The Bertz CT molecular complexity index is 380. The van der Waals surface area contributed by atoms with Crippen molar-refractivity contribution in [3.8, 4) is 0 Å². The zero-order valence-corrected chi connectivity index (χ0v) is 10.7. The summed E-state index contributed by atoms with van der Waals surface area (Å²) < 4.78 is 106. The minimum atomic E-state index is -5.64. The Morgan fingerprint density at radius 2 is 1.55 bits per heavy atom. The van der Waals surface area contributed by atoms with Gasteiger partial charge in [-0.05, 0) is 0 Å². The molecular formula is C7H9F6O6P. The van der Waals surface area contributed by atoms with E-state index in [0.717, 1.165) is 0 Å². The molecule has 0 aromatic carbocycles. The van der Waals surface area contributed by atoms with Gasteiger partial charge in [-0.25, -0.2) is 9.30 Å². The molecule has 0 amide bonds. The predicted molar refractivity (Wildman–Crippen MR) is 48.4 cm³/mol. The first-order valence-corrected chi connectivity index (χ1v) is 6.31. The van der Waals surface area contributed by atoms with Gasteiger partial charge in [-0.3, -0.25) is 13.6 Å². The molecule has 1 saturated heterocycles. The van der Waals surface area contributed by atoms with Gasteiger partial charge in [-0.15, -0.1) is 0 Å². The van der Waals surface area contributed by atoms with Gasteiger partial charge in [0.1, 0.15) is 6.61 Å². The van der Waals surface area contributed by atoms with Crippen molar-refractivity contribution in [3.63, 3.8) is 0 Å². The van der Waals surface area contributed by atoms with Crippen LogP contribution in [0.4, 0.5) is 26.3 Å². The van der Waals surface area contributed by atoms with Crippen LogP contribution in [0.2, 0.25) is 0 Å². The Labute approximate surface area is 108 Å². The van der Waals surface area contributed by atoms with Gasteiger partial charge in [-0.1, -0.05) is 0 Å². The molecule has 0 bridgehead atoms. The highest BCUT2D eigenvalue weighted by molar-refractivity contribution is 7.48. The van der Waals surface area contributed by atoms with Gasteiger partial charge < -0.3 is 4.74 Å². The fourth-order valence-electron chi connectivity index (χ4n) is 0.959. The van der Waals surface area contributed by atoms with E-state index < -0.39 is 32.8 Å². The molecule has 0 unspecified atom stereocenters. The summed E-state index contributed by atoms with van der Waals surface area (Å²) in [4.78, 5) is 0. The van der Waals surface area contributed by atoms with Crippen LogP contribution < -0.4 is 0 Å². The van der Waals surface area contributed by atoms with Gasteiger partial charge in [0.15, 0.2) is 0 Å². The number of halogens is 6. The highest BCUT2D eigenvalue weighted by Crippen LogP contribution is 2.53. The second-order valence-electron chi connectivity index (χ2n) is 3.36. The van der Waals surface area contributed by atoms with Crippen molar-refractivity contribution < 1.29 is 54.0 Å². The van der Waals surface area contributed by atoms with E-state index in [0.29, 0.717) is 0 Å². The molecule has 120 valence electrons. The molecule has 1 fully saturated rings. The lowest BCUT2D eigenvalue weighted by molar-refractivity contribution is -0.479. The van der Waals surface area contributed by atoms with E-state index in [1.807, 2.05) is 0 Å². The molecular weight excluding hydrogens is 325 g/mol. The fourth-order valence-corrected chi connectivity index (χ4v) is 2.09. The summed E-state index contributed by atoms with van der Waals surface area (Å²) in [5.74, 6) is 0. The number of alkyl halides is 6. The zero-order chi connectivity index (χ0) is 15.7. The lowest BCUT2D eigenvalue weighted by Crippen LogP contribution is -2.49. The van der Waals surface area contributed by atoms with Crippen LogP contribution in [-0.4, -0.2) is 45.3 Å². The van der Waals surface area contributed by atoms with Crippen molar-refractivity contribution in [3.05, 3.63) is 0 Å². The van der Waals surface area contributed by atoms with Crippen molar-refractivity contribution in [1.29, 1.82) is 0 Å². The quantitative estimate of drug-likeness (QED) is 0.527. The highest BCUT2D eigenvalue weighted by atomic mass is 31.2. The normalized spacial score (nSPS) is 20.4. The first-order valence-electron chi connectivity index (χ1n) is 4.85. The molecule has 0 saturated carbocycles. The lowest BCUT2D eigenvalue weighted by atomic mass is 10.5. The van der Waals surface area contributed by atoms with Gasteiger partial charge in [0, 0.05) is 7.11 Å². The molecule has 1 aliphatic rings. The number of hydrogen-bond donors (Lipinski definition) is 0. The third-order valence-electron chi connectivity index (χ3n) is 1.85. The van der Waals surface area contributed by atoms with Crippen LogP contribution >= 0.6 is 7.82 Å². The first kappa shape index (κ1) is 17.7. The lowest BCUT2D eigenvalue weighted by Gasteiger charge is -2.28. The summed E-state index contributed by atoms with van der Waals surface area (Å²) >= 11 is 0. The van der Waals surface area contributed by atoms with Crippen molar-refractivity contribution in [2.75, 3.05) is 26.9 Å². The monoisotopic (exact) mass is 334 g/mol. The third-order valence-corrected chi connectivity index (χ3v) is 3.29. The van der Waals surface area contributed by atoms with Crippen LogP contribution in [0.25, 0.3) is 0 Å². The number of methoxy groups -OCH3 is 1. The summed E-state index contributed by atoms with van der Waals surface area (Å²) in [6.07, 6.45) is -15.8. The maximum absolute atomic E-state index is 13.0. The smallest absolute Gasteiger partial charge is 0.317 e. The van der Waals surface area contributed by atoms with Crippen LogP contribution in [0.15, 0.2) is 0 Å². The van der Waals surface area contributed by atoms with Gasteiger partial charge in [0.2, 0.25) is 0 Å². The molecule has 13 heteroatoms. The molecule has 0 atom stereocenters. The van der Waals surface area contributed by atoms with Gasteiger partial charge >= 0.3 is 26.1 Å². The summed E-state index contributed by atoms with van der Waals surface area (Å²) in [7, 11) is -4.13. The Balaban J connectivity index is 2.62. The maximum Gasteiger partial charge on any atom is 0.475 e. The van der Waals surface area contributed by atoms with Crippen molar-refractivity contribution in [1.82, 2.24) is 0 Å². The minimum Gasteiger partial charge on any atom is -0.317 e. The topological polar surface area (TPSA) is 63.2 Å². The van der Waals surface area contributed by atoms with E-state index >= 15 is 0 Å². The molecule has 0 spiro atoms. The molecule has 20 heavy (non-hydrogen) atoms. The SMILES string of the molecule is COC(F)(F)C(F)(F)OC(F)(F)COP1(=O)OCCO1. The van der Waals surface area contributed by atoms with E-state index in [4.69, 9.17) is 0 Å². The second kappa shape index (κ2) is 5.78. The summed E-state index contributed by atoms with van der Waals surface area (Å²) in [6, 6.07) is 0. The number of phosphoric acid groups is 1. The average molecular weight is 334 g/mol. The van der Waals surface area contributed by atoms with Crippen molar-refractivity contribution >= 4 is 7.82 Å². The number of phosphoric ester groups is 1. The van der Waals surface area contributed by atoms with E-state index in [2.05, 4.69) is 23.0 Å². The van der Waals surface area contributed by atoms with Crippen molar-refractivity contribution in [2.45, 2.75) is 18.3 Å². The molecule has 0 N–H and O–H groups in total. The van der Waals surface area contributed by atoms with Crippen molar-refractivity contribution in [2.24, 2.45) is 0 Å². The molecule has 0 radical (unpaired) electrons. The number of rotatable bonds is 7. The largest absolute Gasteiger partial charge is 0.475 e. The predicted octanol–water partition coefficient (Wildman–Crippen LogP) is 2.60. The summed E-state index contributed by atoms with van der Waals surface area (Å²) in [5, 5.41) is 0. The third kappa shape index (κ3) is 4.30. The molecule has 6 nitrogen and oxygen atoms in total. The zero-order valence-electron chi connectivity index (χ0n) is 9.79. The Morgan fingerprint density at radius 3 is 2.00 bits per heavy atom. The summed E-state index contributed by atoms with van der Waals surface area (Å²) in [5.41, 5.74) is 0. The van der Waals surface area contributed by atoms with E-state index in [-0.39, 0.29) is 20.3 Å². The highest BCUT2D eigenvalue weighted by Gasteiger charge is 2.64. The van der Waals surface area contributed by atoms with Gasteiger partial charge in [-0.2, -0.15) is 26.3 Å². The number of ether oxygens (including phenoxy) is 2. The van der Waals surface area contributed by atoms with Crippen LogP contribution in [0.5, 0.6) is 0 Å². The second-order valence-corrected chi connectivity index (χ2v) is 5.03. The first-order chi connectivity index (χ1) is 8.93. The van der Waals surface area contributed by atoms with E-state index in [9.17, 15) is 30.9 Å². The van der Waals surface area contributed by atoms with Gasteiger partial charge in [0.25, 0.3) is 0 Å². The molecule has 0 aliphatic carbocycles. The molecule has 1 aliphatic heterocycles. The van der Waals surface area contributed by atoms with E-state index in [1.54, 1.807) is 0 Å². The molecule has 1 heterocycles. The Kier molecular flexibility index (Phi) is 5.10. The fraction of sp³-hybridized carbons (Fsp3) is 1.00. The maximum atomic E-state index is 13.0. The minimum absolute atomic E-state index is 0.171. The van der Waals surface area contributed by atoms with Crippen LogP contribution in [0, 0.1) is 0 Å². The Hall–Kier alpha value is -0.390. The average Bonchev–Trinajstić information content (AvgIpc) is 2.73. The Morgan fingerprint density at radius 1 is 1.05 bits per heavy atom.